The number of halogens is 1. The summed E-state index contributed by atoms with van der Waals surface area (Å²) in [7, 11) is 0. The highest BCUT2D eigenvalue weighted by Crippen LogP contribution is 2.27. The van der Waals surface area contributed by atoms with Gasteiger partial charge in [-0.15, -0.1) is 24.0 Å². The summed E-state index contributed by atoms with van der Waals surface area (Å²) < 4.78 is 5.23. The highest BCUT2D eigenvalue weighted by Gasteiger charge is 2.33. The lowest BCUT2D eigenvalue weighted by Gasteiger charge is -2.36. The Bertz CT molecular complexity index is 476. The second-order valence-electron chi connectivity index (χ2n) is 5.79. The summed E-state index contributed by atoms with van der Waals surface area (Å²) in [6.45, 7) is 8.73. The number of anilines is 1. The fourth-order valence-electron chi connectivity index (χ4n) is 2.39. The van der Waals surface area contributed by atoms with E-state index in [0.717, 1.165) is 31.7 Å². The van der Waals surface area contributed by atoms with Crippen LogP contribution in [0, 0.1) is 5.41 Å². The zero-order valence-corrected chi connectivity index (χ0v) is 15.4. The highest BCUT2D eigenvalue weighted by atomic mass is 127. The molecule has 4 nitrogen and oxygen atoms in total. The minimum atomic E-state index is 0. The number of nitrogens with one attached hydrogen (secondary N) is 1. The summed E-state index contributed by atoms with van der Waals surface area (Å²) in [5.74, 6) is 0.494. The number of guanidine groups is 1. The number of aryl methyl sites for hydroxylation is 2. The van der Waals surface area contributed by atoms with Crippen LogP contribution in [0.1, 0.15) is 31.9 Å². The predicted molar refractivity (Wildman–Crippen MR) is 99.7 cm³/mol. The standard InChI is InChI=1S/C16H25N3O.HI/c1-4-12-7-6-8-13(5-2)14(12)19-15(17)18-9-16(3)10-20-11-16;/h6-8H,4-5,9-11H2,1-3H3,(H3,17,18,19);1H. The van der Waals surface area contributed by atoms with Gasteiger partial charge in [-0.1, -0.05) is 39.0 Å². The molecule has 0 radical (unpaired) electrons. The smallest absolute Gasteiger partial charge is 0.193 e. The van der Waals surface area contributed by atoms with E-state index in [0.29, 0.717) is 12.5 Å². The lowest BCUT2D eigenvalue weighted by molar-refractivity contribution is -0.0944. The van der Waals surface area contributed by atoms with Gasteiger partial charge < -0.3 is 15.8 Å². The van der Waals surface area contributed by atoms with E-state index in [-0.39, 0.29) is 29.4 Å². The topological polar surface area (TPSA) is 59.6 Å². The Labute approximate surface area is 144 Å². The summed E-state index contributed by atoms with van der Waals surface area (Å²) in [6.07, 6.45) is 1.96. The summed E-state index contributed by atoms with van der Waals surface area (Å²) >= 11 is 0. The molecule has 21 heavy (non-hydrogen) atoms. The van der Waals surface area contributed by atoms with Gasteiger partial charge in [-0.2, -0.15) is 0 Å². The van der Waals surface area contributed by atoms with Crippen LogP contribution in [0.15, 0.2) is 23.2 Å². The van der Waals surface area contributed by atoms with Crippen molar-refractivity contribution in [2.75, 3.05) is 25.1 Å². The average Bonchev–Trinajstić information content (AvgIpc) is 2.43. The van der Waals surface area contributed by atoms with E-state index in [1.807, 2.05) is 0 Å². The second-order valence-corrected chi connectivity index (χ2v) is 5.79. The van der Waals surface area contributed by atoms with Crippen molar-refractivity contribution in [3.05, 3.63) is 29.3 Å². The number of hydrogen-bond donors (Lipinski definition) is 2. The predicted octanol–water partition coefficient (Wildman–Crippen LogP) is 3.19. The maximum Gasteiger partial charge on any atom is 0.193 e. The molecule has 1 saturated heterocycles. The Hall–Kier alpha value is -0.820. The number of hydrogen-bond acceptors (Lipinski definition) is 2. The van der Waals surface area contributed by atoms with E-state index in [4.69, 9.17) is 10.5 Å². The Balaban J connectivity index is 0.00000220. The molecule has 0 saturated carbocycles. The molecule has 118 valence electrons. The van der Waals surface area contributed by atoms with Crippen molar-refractivity contribution < 1.29 is 4.74 Å². The number of nitrogens with zero attached hydrogens (tertiary/aromatic N) is 1. The van der Waals surface area contributed by atoms with E-state index in [1.165, 1.54) is 11.1 Å². The Morgan fingerprint density at radius 2 is 1.86 bits per heavy atom. The number of nitrogens with two attached hydrogens (primary N) is 1. The van der Waals surface area contributed by atoms with E-state index in [1.54, 1.807) is 0 Å². The Morgan fingerprint density at radius 3 is 2.29 bits per heavy atom. The fraction of sp³-hybridized carbons (Fsp3) is 0.562. The first kappa shape index (κ1) is 18.2. The molecule has 0 bridgehead atoms. The largest absolute Gasteiger partial charge is 0.380 e. The van der Waals surface area contributed by atoms with Crippen LogP contribution in [0.5, 0.6) is 0 Å². The van der Waals surface area contributed by atoms with Gasteiger partial charge in [0.25, 0.3) is 0 Å². The van der Waals surface area contributed by atoms with E-state index in [2.05, 4.69) is 49.3 Å². The van der Waals surface area contributed by atoms with Gasteiger partial charge in [0.15, 0.2) is 5.96 Å². The molecular weight excluding hydrogens is 377 g/mol. The van der Waals surface area contributed by atoms with Gasteiger partial charge in [0.1, 0.15) is 0 Å². The minimum absolute atomic E-state index is 0. The summed E-state index contributed by atoms with van der Waals surface area (Å²) in [4.78, 5) is 4.47. The van der Waals surface area contributed by atoms with Crippen LogP contribution in [-0.2, 0) is 17.6 Å². The van der Waals surface area contributed by atoms with Crippen molar-refractivity contribution >= 4 is 35.6 Å². The molecule has 0 aliphatic carbocycles. The number of rotatable bonds is 5. The summed E-state index contributed by atoms with van der Waals surface area (Å²) in [5, 5.41) is 3.29. The number of ether oxygens (including phenoxy) is 1. The van der Waals surface area contributed by atoms with Crippen LogP contribution >= 0.6 is 24.0 Å². The Morgan fingerprint density at radius 1 is 1.29 bits per heavy atom. The molecule has 2 rings (SSSR count). The first-order valence-electron chi connectivity index (χ1n) is 7.33. The zero-order chi connectivity index (χ0) is 14.6. The molecule has 0 aromatic heterocycles. The normalized spacial score (nSPS) is 16.8. The molecule has 5 heteroatoms. The molecule has 0 atom stereocenters. The van der Waals surface area contributed by atoms with Crippen molar-refractivity contribution in [1.29, 1.82) is 0 Å². The van der Waals surface area contributed by atoms with Gasteiger partial charge >= 0.3 is 0 Å². The fourth-order valence-corrected chi connectivity index (χ4v) is 2.39. The van der Waals surface area contributed by atoms with Gasteiger partial charge in [-0.3, -0.25) is 4.99 Å². The van der Waals surface area contributed by atoms with Gasteiger partial charge in [0, 0.05) is 11.1 Å². The molecule has 1 fully saturated rings. The number of aliphatic imine (C=N–C) groups is 1. The lowest BCUT2D eigenvalue weighted by Crippen LogP contribution is -2.43. The van der Waals surface area contributed by atoms with Crippen LogP contribution in [-0.4, -0.2) is 25.7 Å². The quantitative estimate of drug-likeness (QED) is 0.451. The van der Waals surface area contributed by atoms with Crippen LogP contribution in [0.25, 0.3) is 0 Å². The van der Waals surface area contributed by atoms with Crippen molar-refractivity contribution in [3.8, 4) is 0 Å². The number of para-hydroxylation sites is 1. The molecule has 1 heterocycles. The van der Waals surface area contributed by atoms with Crippen molar-refractivity contribution in [2.45, 2.75) is 33.6 Å². The van der Waals surface area contributed by atoms with Crippen molar-refractivity contribution in [2.24, 2.45) is 16.1 Å². The molecule has 1 aliphatic rings. The molecule has 0 amide bonds. The van der Waals surface area contributed by atoms with E-state index < -0.39 is 0 Å². The summed E-state index contributed by atoms with van der Waals surface area (Å²) in [6, 6.07) is 6.37. The molecular formula is C16H26IN3O. The third kappa shape index (κ3) is 4.57. The van der Waals surface area contributed by atoms with Crippen molar-refractivity contribution in [1.82, 2.24) is 0 Å². The zero-order valence-electron chi connectivity index (χ0n) is 13.1. The van der Waals surface area contributed by atoms with Gasteiger partial charge in [-0.05, 0) is 24.0 Å². The molecule has 0 unspecified atom stereocenters. The maximum absolute atomic E-state index is 6.04. The molecule has 3 N–H and O–H groups in total. The molecule has 1 aromatic carbocycles. The summed E-state index contributed by atoms with van der Waals surface area (Å²) in [5.41, 5.74) is 9.87. The third-order valence-electron chi connectivity index (χ3n) is 3.78. The highest BCUT2D eigenvalue weighted by molar-refractivity contribution is 14.0. The van der Waals surface area contributed by atoms with Crippen LogP contribution in [0.4, 0.5) is 5.69 Å². The van der Waals surface area contributed by atoms with Crippen LogP contribution in [0.2, 0.25) is 0 Å². The minimum Gasteiger partial charge on any atom is -0.380 e. The molecule has 1 aliphatic heterocycles. The average molecular weight is 403 g/mol. The van der Waals surface area contributed by atoms with Gasteiger partial charge in [0.2, 0.25) is 0 Å². The first-order chi connectivity index (χ1) is 9.58. The molecule has 1 aromatic rings. The maximum atomic E-state index is 6.04. The lowest BCUT2D eigenvalue weighted by atomic mass is 9.89. The van der Waals surface area contributed by atoms with Crippen LogP contribution in [0.3, 0.4) is 0 Å². The Kier molecular flexibility index (Phi) is 6.93. The third-order valence-corrected chi connectivity index (χ3v) is 3.78. The van der Waals surface area contributed by atoms with E-state index >= 15 is 0 Å². The second kappa shape index (κ2) is 7.98. The van der Waals surface area contributed by atoms with Gasteiger partial charge in [0.05, 0.1) is 19.8 Å². The van der Waals surface area contributed by atoms with Gasteiger partial charge in [-0.25, -0.2) is 0 Å². The van der Waals surface area contributed by atoms with E-state index in [9.17, 15) is 0 Å². The monoisotopic (exact) mass is 403 g/mol. The van der Waals surface area contributed by atoms with Crippen LogP contribution < -0.4 is 11.1 Å². The first-order valence-corrected chi connectivity index (χ1v) is 7.33. The SMILES string of the molecule is CCc1cccc(CC)c1NC(N)=NCC1(C)COC1.I. The molecule has 0 spiro atoms. The number of benzene rings is 1. The van der Waals surface area contributed by atoms with Crippen molar-refractivity contribution in [3.63, 3.8) is 0 Å².